The average Bonchev–Trinajstić information content (AvgIpc) is 2.33. The minimum Gasteiger partial charge on any atom is -0.492 e. The summed E-state index contributed by atoms with van der Waals surface area (Å²) in [5.74, 6) is 1.02. The van der Waals surface area contributed by atoms with Crippen molar-refractivity contribution in [1.82, 2.24) is 10.2 Å². The van der Waals surface area contributed by atoms with E-state index in [-0.39, 0.29) is 0 Å². The van der Waals surface area contributed by atoms with Crippen molar-refractivity contribution in [2.24, 2.45) is 0 Å². The SMILES string of the molecule is CCc1ccccc1OCCNCCN(C)C. The lowest BCUT2D eigenvalue weighted by molar-refractivity contribution is 0.306. The van der Waals surface area contributed by atoms with Crippen molar-refractivity contribution in [3.8, 4) is 5.75 Å². The molecule has 0 aliphatic carbocycles. The summed E-state index contributed by atoms with van der Waals surface area (Å²) in [6, 6.07) is 8.24. The Hall–Kier alpha value is -1.06. The summed E-state index contributed by atoms with van der Waals surface area (Å²) in [5, 5.41) is 3.36. The number of likely N-dealkylation sites (N-methyl/N-ethyl adjacent to an activating group) is 1. The van der Waals surface area contributed by atoms with E-state index >= 15 is 0 Å². The summed E-state index contributed by atoms with van der Waals surface area (Å²) in [7, 11) is 4.16. The highest BCUT2D eigenvalue weighted by Crippen LogP contribution is 2.17. The normalized spacial score (nSPS) is 10.8. The van der Waals surface area contributed by atoms with Crippen LogP contribution >= 0.6 is 0 Å². The van der Waals surface area contributed by atoms with E-state index in [0.29, 0.717) is 0 Å². The van der Waals surface area contributed by atoms with Crippen molar-refractivity contribution >= 4 is 0 Å². The van der Waals surface area contributed by atoms with Crippen LogP contribution in [0.1, 0.15) is 12.5 Å². The fourth-order valence-corrected chi connectivity index (χ4v) is 1.60. The lowest BCUT2D eigenvalue weighted by atomic mass is 10.1. The topological polar surface area (TPSA) is 24.5 Å². The summed E-state index contributed by atoms with van der Waals surface area (Å²) in [4.78, 5) is 2.17. The van der Waals surface area contributed by atoms with Crippen LogP contribution in [0.25, 0.3) is 0 Å². The molecule has 17 heavy (non-hydrogen) atoms. The Morgan fingerprint density at radius 3 is 2.65 bits per heavy atom. The van der Waals surface area contributed by atoms with Crippen LogP contribution in [0.2, 0.25) is 0 Å². The molecule has 0 radical (unpaired) electrons. The maximum absolute atomic E-state index is 5.76. The first-order valence-corrected chi connectivity index (χ1v) is 6.30. The van der Waals surface area contributed by atoms with Crippen molar-refractivity contribution in [1.29, 1.82) is 0 Å². The van der Waals surface area contributed by atoms with Crippen molar-refractivity contribution in [3.63, 3.8) is 0 Å². The number of nitrogens with zero attached hydrogens (tertiary/aromatic N) is 1. The third-order valence-electron chi connectivity index (χ3n) is 2.63. The van der Waals surface area contributed by atoms with E-state index in [2.05, 4.69) is 43.4 Å². The molecule has 1 N–H and O–H groups in total. The van der Waals surface area contributed by atoms with Gasteiger partial charge in [0.05, 0.1) is 0 Å². The molecule has 0 aromatic heterocycles. The molecule has 0 spiro atoms. The number of ether oxygens (including phenoxy) is 1. The molecule has 3 heteroatoms. The molecule has 96 valence electrons. The molecule has 0 heterocycles. The highest BCUT2D eigenvalue weighted by Gasteiger charge is 1.99. The third-order valence-corrected chi connectivity index (χ3v) is 2.63. The van der Waals surface area contributed by atoms with Gasteiger partial charge in [-0.15, -0.1) is 0 Å². The van der Waals surface area contributed by atoms with Gasteiger partial charge in [0, 0.05) is 19.6 Å². The summed E-state index contributed by atoms with van der Waals surface area (Å²) in [6.45, 7) is 5.84. The molecule has 1 aromatic rings. The molecule has 0 saturated heterocycles. The number of nitrogens with one attached hydrogen (secondary N) is 1. The van der Waals surface area contributed by atoms with E-state index in [0.717, 1.165) is 38.4 Å². The first-order chi connectivity index (χ1) is 8.24. The molecular weight excluding hydrogens is 212 g/mol. The Labute approximate surface area is 105 Å². The molecule has 0 saturated carbocycles. The van der Waals surface area contributed by atoms with Crippen molar-refractivity contribution in [3.05, 3.63) is 29.8 Å². The second-order valence-corrected chi connectivity index (χ2v) is 4.36. The van der Waals surface area contributed by atoms with Crippen LogP contribution in [0.3, 0.4) is 0 Å². The number of hydrogen-bond acceptors (Lipinski definition) is 3. The molecule has 0 atom stereocenters. The van der Waals surface area contributed by atoms with E-state index in [1.54, 1.807) is 0 Å². The molecule has 0 amide bonds. The number of benzene rings is 1. The molecule has 0 aliphatic rings. The van der Waals surface area contributed by atoms with Gasteiger partial charge in [0.15, 0.2) is 0 Å². The van der Waals surface area contributed by atoms with Crippen LogP contribution < -0.4 is 10.1 Å². The number of hydrogen-bond donors (Lipinski definition) is 1. The van der Waals surface area contributed by atoms with Gasteiger partial charge in [0.1, 0.15) is 12.4 Å². The van der Waals surface area contributed by atoms with Crippen LogP contribution in [0, 0.1) is 0 Å². The Balaban J connectivity index is 2.17. The Bertz CT molecular complexity index is 313. The van der Waals surface area contributed by atoms with E-state index in [1.807, 2.05) is 12.1 Å². The van der Waals surface area contributed by atoms with E-state index in [1.165, 1.54) is 5.56 Å². The smallest absolute Gasteiger partial charge is 0.122 e. The quantitative estimate of drug-likeness (QED) is 0.696. The first-order valence-electron chi connectivity index (χ1n) is 6.30. The van der Waals surface area contributed by atoms with Crippen molar-refractivity contribution < 1.29 is 4.74 Å². The zero-order valence-corrected chi connectivity index (χ0v) is 11.2. The van der Waals surface area contributed by atoms with Gasteiger partial charge in [-0.3, -0.25) is 0 Å². The summed E-state index contributed by atoms with van der Waals surface area (Å²) in [6.07, 6.45) is 1.02. The molecule has 0 unspecified atom stereocenters. The lowest BCUT2D eigenvalue weighted by Gasteiger charge is -2.12. The van der Waals surface area contributed by atoms with Gasteiger partial charge >= 0.3 is 0 Å². The van der Waals surface area contributed by atoms with Gasteiger partial charge in [-0.1, -0.05) is 25.1 Å². The second-order valence-electron chi connectivity index (χ2n) is 4.36. The Morgan fingerprint density at radius 1 is 1.18 bits per heavy atom. The van der Waals surface area contributed by atoms with Gasteiger partial charge in [0.25, 0.3) is 0 Å². The van der Waals surface area contributed by atoms with Crippen LogP contribution in [-0.4, -0.2) is 45.2 Å². The van der Waals surface area contributed by atoms with Crippen LogP contribution in [0.15, 0.2) is 24.3 Å². The fraction of sp³-hybridized carbons (Fsp3) is 0.571. The number of aryl methyl sites for hydroxylation is 1. The predicted molar refractivity (Wildman–Crippen MR) is 72.7 cm³/mol. The monoisotopic (exact) mass is 236 g/mol. The minimum atomic E-state index is 0.727. The summed E-state index contributed by atoms with van der Waals surface area (Å²) in [5.41, 5.74) is 1.28. The fourth-order valence-electron chi connectivity index (χ4n) is 1.60. The largest absolute Gasteiger partial charge is 0.492 e. The van der Waals surface area contributed by atoms with Gasteiger partial charge in [-0.25, -0.2) is 0 Å². The maximum Gasteiger partial charge on any atom is 0.122 e. The standard InChI is InChI=1S/C14H24N2O/c1-4-13-7-5-6-8-14(13)17-12-10-15-9-11-16(2)3/h5-8,15H,4,9-12H2,1-3H3. The average molecular weight is 236 g/mol. The Kier molecular flexibility index (Phi) is 6.67. The molecule has 0 aliphatic heterocycles. The van der Waals surface area contributed by atoms with Gasteiger partial charge < -0.3 is 15.0 Å². The van der Waals surface area contributed by atoms with Crippen LogP contribution in [-0.2, 0) is 6.42 Å². The second kappa shape index (κ2) is 8.09. The van der Waals surface area contributed by atoms with E-state index in [9.17, 15) is 0 Å². The molecule has 3 nitrogen and oxygen atoms in total. The third kappa shape index (κ3) is 5.71. The molecule has 1 rings (SSSR count). The van der Waals surface area contributed by atoms with Crippen LogP contribution in [0.4, 0.5) is 0 Å². The molecule has 0 bridgehead atoms. The van der Waals surface area contributed by atoms with Crippen LogP contribution in [0.5, 0.6) is 5.75 Å². The zero-order valence-electron chi connectivity index (χ0n) is 11.2. The summed E-state index contributed by atoms with van der Waals surface area (Å²) >= 11 is 0. The predicted octanol–water partition coefficient (Wildman–Crippen LogP) is 1.78. The van der Waals surface area contributed by atoms with Gasteiger partial charge in [-0.2, -0.15) is 0 Å². The summed E-state index contributed by atoms with van der Waals surface area (Å²) < 4.78 is 5.76. The number of rotatable bonds is 8. The lowest BCUT2D eigenvalue weighted by Crippen LogP contribution is -2.29. The van der Waals surface area contributed by atoms with Gasteiger partial charge in [-0.05, 0) is 32.1 Å². The van der Waals surface area contributed by atoms with Crippen molar-refractivity contribution in [2.45, 2.75) is 13.3 Å². The molecular formula is C14H24N2O. The highest BCUT2D eigenvalue weighted by molar-refractivity contribution is 5.33. The Morgan fingerprint density at radius 2 is 1.94 bits per heavy atom. The van der Waals surface area contributed by atoms with Gasteiger partial charge in [0.2, 0.25) is 0 Å². The highest BCUT2D eigenvalue weighted by atomic mass is 16.5. The molecule has 0 fully saturated rings. The van der Waals surface area contributed by atoms with E-state index < -0.39 is 0 Å². The number of para-hydroxylation sites is 1. The zero-order chi connectivity index (χ0) is 12.5. The minimum absolute atomic E-state index is 0.727. The van der Waals surface area contributed by atoms with E-state index in [4.69, 9.17) is 4.74 Å². The van der Waals surface area contributed by atoms with Crippen molar-refractivity contribution in [2.75, 3.05) is 40.3 Å². The maximum atomic E-state index is 5.76. The molecule has 1 aromatic carbocycles. The first kappa shape index (κ1) is 14.0.